The lowest BCUT2D eigenvalue weighted by Crippen LogP contribution is -2.16. The maximum absolute atomic E-state index is 12.2. The van der Waals surface area contributed by atoms with Crippen molar-refractivity contribution in [3.8, 4) is 17.2 Å². The van der Waals surface area contributed by atoms with Crippen LogP contribution in [0.15, 0.2) is 53.4 Å². The van der Waals surface area contributed by atoms with Crippen LogP contribution in [0.5, 0.6) is 17.2 Å². The average molecular weight is 413 g/mol. The van der Waals surface area contributed by atoms with E-state index in [1.165, 1.54) is 36.0 Å². The molecule has 2 rings (SSSR count). The zero-order valence-electron chi connectivity index (χ0n) is 15.4. The fourth-order valence-corrected chi connectivity index (χ4v) is 3.39. The molecular formula is C20H22F3NO3S. The number of halogens is 3. The van der Waals surface area contributed by atoms with Crippen molar-refractivity contribution in [2.24, 2.45) is 0 Å². The highest BCUT2D eigenvalue weighted by atomic mass is 32.2. The summed E-state index contributed by atoms with van der Waals surface area (Å²) in [6.07, 6.45) is -0.922. The molecule has 0 aliphatic heterocycles. The second-order valence-corrected chi connectivity index (χ2v) is 7.30. The Kier molecular flexibility index (Phi) is 8.66. The number of hydrogen-bond donors (Lipinski definition) is 1. The fourth-order valence-electron chi connectivity index (χ4n) is 2.41. The number of thioether (sulfide) groups is 1. The van der Waals surface area contributed by atoms with Crippen molar-refractivity contribution in [3.63, 3.8) is 0 Å². The molecule has 0 amide bonds. The van der Waals surface area contributed by atoms with Crippen LogP contribution in [0.4, 0.5) is 13.2 Å². The summed E-state index contributed by atoms with van der Waals surface area (Å²) in [6, 6.07) is 12.4. The summed E-state index contributed by atoms with van der Waals surface area (Å²) in [5, 5.41) is 2.99. The van der Waals surface area contributed by atoms with Crippen LogP contribution in [-0.4, -0.2) is 31.5 Å². The lowest BCUT2D eigenvalue weighted by molar-refractivity contribution is -0.274. The molecule has 2 aromatic rings. The van der Waals surface area contributed by atoms with Gasteiger partial charge in [-0.2, -0.15) is 0 Å². The van der Waals surface area contributed by atoms with E-state index in [1.807, 2.05) is 19.2 Å². The summed E-state index contributed by atoms with van der Waals surface area (Å²) in [5.41, 5.74) is 0. The summed E-state index contributed by atoms with van der Waals surface area (Å²) in [6.45, 7) is 0.936. The molecule has 1 unspecified atom stereocenters. The molecule has 1 N–H and O–H groups in total. The van der Waals surface area contributed by atoms with Crippen LogP contribution in [0.2, 0.25) is 0 Å². The van der Waals surface area contributed by atoms with Crippen molar-refractivity contribution in [1.82, 2.24) is 5.32 Å². The molecule has 4 nitrogen and oxygen atoms in total. The third-order valence-corrected chi connectivity index (χ3v) is 4.92. The van der Waals surface area contributed by atoms with Crippen LogP contribution >= 0.6 is 11.8 Å². The maximum atomic E-state index is 12.2. The quantitative estimate of drug-likeness (QED) is 0.303. The predicted molar refractivity (Wildman–Crippen MR) is 103 cm³/mol. The first-order valence-corrected chi connectivity index (χ1v) is 9.68. The number of carbonyl (C=O) groups excluding carboxylic acids is 1. The molecule has 0 spiro atoms. The van der Waals surface area contributed by atoms with Crippen molar-refractivity contribution in [3.05, 3.63) is 48.5 Å². The maximum Gasteiger partial charge on any atom is 0.573 e. The predicted octanol–water partition coefficient (Wildman–Crippen LogP) is 5.43. The van der Waals surface area contributed by atoms with E-state index >= 15 is 0 Å². The largest absolute Gasteiger partial charge is 0.573 e. The van der Waals surface area contributed by atoms with Crippen molar-refractivity contribution in [1.29, 1.82) is 0 Å². The van der Waals surface area contributed by atoms with Crippen LogP contribution in [0.25, 0.3) is 0 Å². The van der Waals surface area contributed by atoms with E-state index in [1.54, 1.807) is 12.1 Å². The van der Waals surface area contributed by atoms with Gasteiger partial charge < -0.3 is 19.6 Å². The van der Waals surface area contributed by atoms with Gasteiger partial charge in [-0.1, -0.05) is 6.42 Å². The lowest BCUT2D eigenvalue weighted by atomic mass is 10.2. The molecule has 2 aromatic carbocycles. The number of nitrogens with one attached hydrogen (secondary N) is 1. The number of rotatable bonds is 11. The Labute approximate surface area is 166 Å². The van der Waals surface area contributed by atoms with Crippen LogP contribution in [0.1, 0.15) is 19.3 Å². The topological polar surface area (TPSA) is 47.6 Å². The highest BCUT2D eigenvalue weighted by molar-refractivity contribution is 8.00. The average Bonchev–Trinajstić information content (AvgIpc) is 2.66. The standard InChI is InChI=1S/C20H22F3NO3S/c1-24-13-3-2-4-19(14-25)28-18-11-9-16(10-12-18)26-15-5-7-17(8-6-15)27-20(21,22)23/h5-12,14,19,24H,2-4,13H2,1H3. The molecule has 0 saturated heterocycles. The van der Waals surface area contributed by atoms with E-state index in [0.29, 0.717) is 11.5 Å². The van der Waals surface area contributed by atoms with Gasteiger partial charge in [0.2, 0.25) is 0 Å². The van der Waals surface area contributed by atoms with E-state index in [4.69, 9.17) is 4.74 Å². The van der Waals surface area contributed by atoms with E-state index < -0.39 is 6.36 Å². The van der Waals surface area contributed by atoms with Crippen LogP contribution in [-0.2, 0) is 4.79 Å². The number of alkyl halides is 3. The number of unbranched alkanes of at least 4 members (excludes halogenated alkanes) is 1. The van der Waals surface area contributed by atoms with Crippen LogP contribution in [0, 0.1) is 0 Å². The number of benzene rings is 2. The first-order chi connectivity index (χ1) is 13.4. The minimum atomic E-state index is -4.72. The molecule has 1 atom stereocenters. The number of ether oxygens (including phenoxy) is 2. The van der Waals surface area contributed by atoms with Crippen LogP contribution < -0.4 is 14.8 Å². The van der Waals surface area contributed by atoms with Crippen molar-refractivity contribution < 1.29 is 27.4 Å². The Bertz CT molecular complexity index is 721. The van der Waals surface area contributed by atoms with Crippen molar-refractivity contribution in [2.75, 3.05) is 13.6 Å². The summed E-state index contributed by atoms with van der Waals surface area (Å²) in [7, 11) is 1.90. The van der Waals surface area contributed by atoms with Gasteiger partial charge in [0, 0.05) is 4.90 Å². The van der Waals surface area contributed by atoms with Gasteiger partial charge in [0.15, 0.2) is 0 Å². The molecular weight excluding hydrogens is 391 g/mol. The van der Waals surface area contributed by atoms with Gasteiger partial charge in [-0.15, -0.1) is 24.9 Å². The molecule has 0 heterocycles. The highest BCUT2D eigenvalue weighted by Gasteiger charge is 2.30. The Balaban J connectivity index is 1.87. The van der Waals surface area contributed by atoms with Gasteiger partial charge in [-0.3, -0.25) is 0 Å². The Morgan fingerprint density at radius 2 is 1.57 bits per heavy atom. The third-order valence-electron chi connectivity index (χ3n) is 3.72. The molecule has 0 fully saturated rings. The molecule has 0 bridgehead atoms. The van der Waals surface area contributed by atoms with E-state index in [-0.39, 0.29) is 11.0 Å². The summed E-state index contributed by atoms with van der Waals surface area (Å²) in [4.78, 5) is 12.2. The van der Waals surface area contributed by atoms with E-state index in [0.717, 1.165) is 37.0 Å². The Morgan fingerprint density at radius 3 is 2.11 bits per heavy atom. The summed E-state index contributed by atoms with van der Waals surface area (Å²) in [5.74, 6) is 0.636. The smallest absolute Gasteiger partial charge is 0.457 e. The van der Waals surface area contributed by atoms with Gasteiger partial charge in [0.05, 0.1) is 5.25 Å². The molecule has 8 heteroatoms. The third kappa shape index (κ3) is 8.22. The Morgan fingerprint density at radius 1 is 1.00 bits per heavy atom. The molecule has 0 aliphatic rings. The van der Waals surface area contributed by atoms with E-state index in [9.17, 15) is 18.0 Å². The SMILES string of the molecule is CNCCCCC(C=O)Sc1ccc(Oc2ccc(OC(F)(F)F)cc2)cc1. The Hall–Kier alpha value is -2.19. The number of hydrogen-bond acceptors (Lipinski definition) is 5. The van der Waals surface area contributed by atoms with Gasteiger partial charge in [0.25, 0.3) is 0 Å². The normalized spacial score (nSPS) is 12.4. The van der Waals surface area contributed by atoms with E-state index in [2.05, 4.69) is 10.1 Å². The minimum absolute atomic E-state index is 0.0928. The van der Waals surface area contributed by atoms with Crippen LogP contribution in [0.3, 0.4) is 0 Å². The number of aldehydes is 1. The summed E-state index contributed by atoms with van der Waals surface area (Å²) < 4.78 is 45.9. The highest BCUT2D eigenvalue weighted by Crippen LogP contribution is 2.30. The van der Waals surface area contributed by atoms with Crippen molar-refractivity contribution >= 4 is 18.0 Å². The first kappa shape index (κ1) is 22.1. The number of carbonyl (C=O) groups is 1. The minimum Gasteiger partial charge on any atom is -0.457 e. The molecule has 0 aliphatic carbocycles. The first-order valence-electron chi connectivity index (χ1n) is 8.80. The lowest BCUT2D eigenvalue weighted by Gasteiger charge is -2.12. The second kappa shape index (κ2) is 11.0. The van der Waals surface area contributed by atoms with Gasteiger partial charge in [0.1, 0.15) is 23.5 Å². The zero-order chi connectivity index (χ0) is 20.4. The molecule has 28 heavy (non-hydrogen) atoms. The molecule has 0 aromatic heterocycles. The van der Waals surface area contributed by atoms with Crippen molar-refractivity contribution in [2.45, 2.75) is 35.8 Å². The van der Waals surface area contributed by atoms with Gasteiger partial charge in [-0.05, 0) is 75.0 Å². The fraction of sp³-hybridized carbons (Fsp3) is 0.350. The molecule has 0 saturated carbocycles. The monoisotopic (exact) mass is 413 g/mol. The molecule has 0 radical (unpaired) electrons. The second-order valence-electron chi connectivity index (χ2n) is 5.98. The zero-order valence-corrected chi connectivity index (χ0v) is 16.2. The molecule has 152 valence electrons. The van der Waals surface area contributed by atoms with Gasteiger partial charge in [-0.25, -0.2) is 0 Å². The summed E-state index contributed by atoms with van der Waals surface area (Å²) >= 11 is 1.50. The van der Waals surface area contributed by atoms with Gasteiger partial charge >= 0.3 is 6.36 Å².